The molecule has 0 spiro atoms. The molecule has 1 atom stereocenters. The fraction of sp³-hybridized carbons (Fsp3) is 0.800. The smallest absolute Gasteiger partial charge is 0.236 e. The van der Waals surface area contributed by atoms with Crippen molar-refractivity contribution in [2.45, 2.75) is 25.8 Å². The van der Waals surface area contributed by atoms with Gasteiger partial charge in [-0.25, -0.2) is 0 Å². The van der Waals surface area contributed by atoms with Crippen LogP contribution in [0.25, 0.3) is 0 Å². The van der Waals surface area contributed by atoms with E-state index in [-0.39, 0.29) is 0 Å². The lowest BCUT2D eigenvalue weighted by Gasteiger charge is -2.13. The molecule has 0 aromatic rings. The molecule has 0 saturated carbocycles. The van der Waals surface area contributed by atoms with Crippen molar-refractivity contribution in [3.8, 4) is 0 Å². The Kier molecular flexibility index (Phi) is 2.20. The highest BCUT2D eigenvalue weighted by Gasteiger charge is 2.39. The molecule has 74 valence electrons. The third-order valence-corrected chi connectivity index (χ3v) is 3.02. The number of hydrogen-bond donors (Lipinski definition) is 0. The molecule has 3 heteroatoms. The van der Waals surface area contributed by atoms with Crippen LogP contribution in [0.5, 0.6) is 0 Å². The first-order valence-corrected chi connectivity index (χ1v) is 5.07. The molecule has 0 bridgehead atoms. The quantitative estimate of drug-likeness (QED) is 0.654. The van der Waals surface area contributed by atoms with Crippen molar-refractivity contribution in [2.24, 2.45) is 0 Å². The zero-order valence-electron chi connectivity index (χ0n) is 8.71. The van der Waals surface area contributed by atoms with Crippen molar-refractivity contribution >= 4 is 0 Å². The molecule has 0 radical (unpaired) electrons. The van der Waals surface area contributed by atoms with Crippen LogP contribution in [0, 0.1) is 0 Å². The molecule has 2 aliphatic heterocycles. The average Bonchev–Trinajstić information content (AvgIpc) is 2.82. The molecular formula is C10H18N2O. The second kappa shape index (κ2) is 3.22. The molecule has 2 heterocycles. The Balaban J connectivity index is 2.00. The van der Waals surface area contributed by atoms with Gasteiger partial charge in [0, 0.05) is 13.6 Å². The summed E-state index contributed by atoms with van der Waals surface area (Å²) in [6.45, 7) is 4.38. The van der Waals surface area contributed by atoms with Crippen LogP contribution in [-0.4, -0.2) is 43.0 Å². The van der Waals surface area contributed by atoms with E-state index in [9.17, 15) is 0 Å². The highest BCUT2D eigenvalue weighted by atomic mass is 16.6. The van der Waals surface area contributed by atoms with Crippen LogP contribution in [0.3, 0.4) is 0 Å². The summed E-state index contributed by atoms with van der Waals surface area (Å²) in [4.78, 5) is 4.55. The lowest BCUT2D eigenvalue weighted by Crippen LogP contribution is -2.24. The summed E-state index contributed by atoms with van der Waals surface area (Å²) >= 11 is 0. The van der Waals surface area contributed by atoms with Gasteiger partial charge in [0.25, 0.3) is 0 Å². The molecule has 0 unspecified atom stereocenters. The SMILES string of the molecule is CCN(C)C1=C([C@@H]2CCCN2C)O1. The van der Waals surface area contributed by atoms with Crippen LogP contribution >= 0.6 is 0 Å². The number of nitrogens with zero attached hydrogens (tertiary/aromatic N) is 2. The van der Waals surface area contributed by atoms with E-state index in [1.54, 1.807) is 0 Å². The Hall–Kier alpha value is -0.700. The molecule has 13 heavy (non-hydrogen) atoms. The highest BCUT2D eigenvalue weighted by molar-refractivity contribution is 5.23. The highest BCUT2D eigenvalue weighted by Crippen LogP contribution is 2.37. The lowest BCUT2D eigenvalue weighted by atomic mass is 10.2. The van der Waals surface area contributed by atoms with Gasteiger partial charge in [-0.15, -0.1) is 0 Å². The first-order valence-electron chi connectivity index (χ1n) is 5.07. The number of likely N-dealkylation sites (N-methyl/N-ethyl adjacent to an activating group) is 1. The summed E-state index contributed by atoms with van der Waals surface area (Å²) in [6, 6.07) is 0.559. The van der Waals surface area contributed by atoms with Crippen molar-refractivity contribution in [1.29, 1.82) is 0 Å². The Morgan fingerprint density at radius 3 is 2.92 bits per heavy atom. The topological polar surface area (TPSA) is 19.0 Å². The zero-order valence-corrected chi connectivity index (χ0v) is 8.71. The summed E-state index contributed by atoms with van der Waals surface area (Å²) in [5.41, 5.74) is 0. The van der Waals surface area contributed by atoms with Crippen LogP contribution in [0.2, 0.25) is 0 Å². The Labute approximate surface area is 80.0 Å². The molecular weight excluding hydrogens is 164 g/mol. The van der Waals surface area contributed by atoms with Crippen LogP contribution in [-0.2, 0) is 4.74 Å². The van der Waals surface area contributed by atoms with Crippen molar-refractivity contribution in [1.82, 2.24) is 9.80 Å². The molecule has 1 saturated heterocycles. The molecule has 2 aliphatic rings. The van der Waals surface area contributed by atoms with E-state index in [1.807, 2.05) is 0 Å². The summed E-state index contributed by atoms with van der Waals surface area (Å²) in [7, 11) is 4.26. The Morgan fingerprint density at radius 2 is 2.38 bits per heavy atom. The van der Waals surface area contributed by atoms with E-state index in [1.165, 1.54) is 25.1 Å². The number of likely N-dealkylation sites (tertiary alicyclic amines) is 1. The van der Waals surface area contributed by atoms with Crippen molar-refractivity contribution < 1.29 is 4.74 Å². The predicted molar refractivity (Wildman–Crippen MR) is 52.1 cm³/mol. The number of rotatable bonds is 3. The van der Waals surface area contributed by atoms with Crippen LogP contribution in [0.15, 0.2) is 11.6 Å². The second-order valence-electron chi connectivity index (χ2n) is 3.92. The second-order valence-corrected chi connectivity index (χ2v) is 3.92. The molecule has 3 nitrogen and oxygen atoms in total. The van der Waals surface area contributed by atoms with Gasteiger partial charge in [0.1, 0.15) is 0 Å². The van der Waals surface area contributed by atoms with Gasteiger partial charge in [0.2, 0.25) is 5.88 Å². The van der Waals surface area contributed by atoms with Gasteiger partial charge < -0.3 is 9.64 Å². The minimum Gasteiger partial charge on any atom is -0.435 e. The van der Waals surface area contributed by atoms with E-state index >= 15 is 0 Å². The van der Waals surface area contributed by atoms with E-state index < -0.39 is 0 Å². The van der Waals surface area contributed by atoms with E-state index in [0.29, 0.717) is 6.04 Å². The van der Waals surface area contributed by atoms with Gasteiger partial charge in [0.05, 0.1) is 6.04 Å². The van der Waals surface area contributed by atoms with E-state index in [4.69, 9.17) is 4.74 Å². The van der Waals surface area contributed by atoms with Crippen LogP contribution in [0.4, 0.5) is 0 Å². The predicted octanol–water partition coefficient (Wildman–Crippen LogP) is 1.23. The maximum atomic E-state index is 5.54. The molecule has 2 rings (SSSR count). The molecule has 0 amide bonds. The van der Waals surface area contributed by atoms with Crippen molar-refractivity contribution in [2.75, 3.05) is 27.2 Å². The molecule has 0 aliphatic carbocycles. The minimum atomic E-state index is 0.559. The standard InChI is InChI=1S/C10H18N2O/c1-4-11(2)10-9(13-10)8-6-5-7-12(8)3/h8H,4-7H2,1-3H3/t8-/m0/s1. The first kappa shape index (κ1) is 8.88. The maximum absolute atomic E-state index is 5.54. The third kappa shape index (κ3) is 1.53. The fourth-order valence-electron chi connectivity index (χ4n) is 1.94. The summed E-state index contributed by atoms with van der Waals surface area (Å²) in [5, 5.41) is 0. The van der Waals surface area contributed by atoms with Crippen LogP contribution < -0.4 is 0 Å². The molecule has 0 N–H and O–H groups in total. The fourth-order valence-corrected chi connectivity index (χ4v) is 1.94. The molecule has 0 aromatic heterocycles. The van der Waals surface area contributed by atoms with E-state index in [2.05, 4.69) is 30.8 Å². The van der Waals surface area contributed by atoms with Gasteiger partial charge in [-0.3, -0.25) is 4.90 Å². The maximum Gasteiger partial charge on any atom is 0.236 e. The van der Waals surface area contributed by atoms with Crippen molar-refractivity contribution in [3.05, 3.63) is 11.6 Å². The van der Waals surface area contributed by atoms with Crippen LogP contribution in [0.1, 0.15) is 19.8 Å². The molecule has 0 aromatic carbocycles. The van der Waals surface area contributed by atoms with Gasteiger partial charge in [-0.2, -0.15) is 0 Å². The summed E-state index contributed by atoms with van der Waals surface area (Å²) < 4.78 is 5.54. The van der Waals surface area contributed by atoms with E-state index in [0.717, 1.165) is 12.4 Å². The Bertz CT molecular complexity index is 237. The average molecular weight is 182 g/mol. The summed E-state index contributed by atoms with van der Waals surface area (Å²) in [5.74, 6) is 2.32. The normalized spacial score (nSPS) is 27.8. The summed E-state index contributed by atoms with van der Waals surface area (Å²) in [6.07, 6.45) is 2.56. The van der Waals surface area contributed by atoms with Gasteiger partial charge in [-0.05, 0) is 33.4 Å². The lowest BCUT2D eigenvalue weighted by molar-refractivity contribution is 0.275. The van der Waals surface area contributed by atoms with Crippen molar-refractivity contribution in [3.63, 3.8) is 0 Å². The first-order chi connectivity index (χ1) is 6.24. The zero-order chi connectivity index (χ0) is 9.42. The monoisotopic (exact) mass is 182 g/mol. The van der Waals surface area contributed by atoms with Gasteiger partial charge >= 0.3 is 0 Å². The third-order valence-electron chi connectivity index (χ3n) is 3.02. The number of hydrogen-bond acceptors (Lipinski definition) is 3. The molecule has 1 fully saturated rings. The Morgan fingerprint density at radius 1 is 1.62 bits per heavy atom. The number of ether oxygens (including phenoxy) is 1. The van der Waals surface area contributed by atoms with Gasteiger partial charge in [-0.1, -0.05) is 0 Å². The minimum absolute atomic E-state index is 0.559. The largest absolute Gasteiger partial charge is 0.435 e. The van der Waals surface area contributed by atoms with Gasteiger partial charge in [0.15, 0.2) is 5.76 Å².